The van der Waals surface area contributed by atoms with Crippen LogP contribution in [0.15, 0.2) is 36.5 Å². The average Bonchev–Trinajstić information content (AvgIpc) is 2.32. The van der Waals surface area contributed by atoms with Gasteiger partial charge in [-0.15, -0.1) is 0 Å². The van der Waals surface area contributed by atoms with Gasteiger partial charge in [0.15, 0.2) is 5.82 Å². The summed E-state index contributed by atoms with van der Waals surface area (Å²) in [6.45, 7) is 0. The number of pyridine rings is 1. The van der Waals surface area contributed by atoms with Gasteiger partial charge in [-0.2, -0.15) is 0 Å². The van der Waals surface area contributed by atoms with E-state index in [0.717, 1.165) is 0 Å². The van der Waals surface area contributed by atoms with Crippen molar-refractivity contribution in [1.29, 1.82) is 0 Å². The van der Waals surface area contributed by atoms with Gasteiger partial charge >= 0.3 is 0 Å². The van der Waals surface area contributed by atoms with Crippen molar-refractivity contribution in [3.8, 4) is 0 Å². The highest BCUT2D eigenvalue weighted by Crippen LogP contribution is 2.23. The monoisotopic (exact) mass is 269 g/mol. The topological polar surface area (TPSA) is 30.0 Å². The predicted octanol–water partition coefficient (Wildman–Crippen LogP) is 3.76. The zero-order valence-electron chi connectivity index (χ0n) is 8.45. The summed E-state index contributed by atoms with van der Waals surface area (Å²) in [4.78, 5) is 15.7. The number of nitrogens with zero attached hydrogens (tertiary/aromatic N) is 1. The Morgan fingerprint density at radius 1 is 1.24 bits per heavy atom. The average molecular weight is 270 g/mol. The second kappa shape index (κ2) is 4.82. The summed E-state index contributed by atoms with van der Waals surface area (Å²) in [7, 11) is 0. The fourth-order valence-corrected chi connectivity index (χ4v) is 1.73. The zero-order valence-corrected chi connectivity index (χ0v) is 9.97. The van der Waals surface area contributed by atoms with Gasteiger partial charge in [0.2, 0.25) is 5.78 Å². The smallest absolute Gasteiger partial charge is 0.215 e. The van der Waals surface area contributed by atoms with Crippen LogP contribution < -0.4 is 0 Å². The first-order chi connectivity index (χ1) is 8.09. The van der Waals surface area contributed by atoms with E-state index < -0.39 is 11.6 Å². The van der Waals surface area contributed by atoms with Gasteiger partial charge in [0.25, 0.3) is 0 Å². The Labute approximate surface area is 107 Å². The molecule has 0 aliphatic rings. The van der Waals surface area contributed by atoms with Crippen molar-refractivity contribution in [3.05, 3.63) is 63.6 Å². The van der Waals surface area contributed by atoms with E-state index in [1.165, 1.54) is 30.5 Å². The minimum Gasteiger partial charge on any atom is -0.287 e. The highest BCUT2D eigenvalue weighted by molar-refractivity contribution is 6.36. The fourth-order valence-electron chi connectivity index (χ4n) is 1.35. The van der Waals surface area contributed by atoms with Gasteiger partial charge in [-0.05, 0) is 30.3 Å². The number of ketones is 1. The summed E-state index contributed by atoms with van der Waals surface area (Å²) in [5.41, 5.74) is -0.131. The van der Waals surface area contributed by atoms with Crippen LogP contribution in [0.1, 0.15) is 16.1 Å². The van der Waals surface area contributed by atoms with E-state index in [-0.39, 0.29) is 16.3 Å². The zero-order chi connectivity index (χ0) is 12.4. The number of aromatic nitrogens is 1. The van der Waals surface area contributed by atoms with Crippen molar-refractivity contribution in [3.63, 3.8) is 0 Å². The first-order valence-electron chi connectivity index (χ1n) is 4.70. The van der Waals surface area contributed by atoms with E-state index in [2.05, 4.69) is 4.98 Å². The van der Waals surface area contributed by atoms with E-state index in [1.807, 2.05) is 0 Å². The molecule has 86 valence electrons. The summed E-state index contributed by atoms with van der Waals surface area (Å²) in [6.07, 6.45) is 1.34. The minimum absolute atomic E-state index is 0.136. The third kappa shape index (κ3) is 2.46. The second-order valence-electron chi connectivity index (χ2n) is 3.29. The Morgan fingerprint density at radius 2 is 2.00 bits per heavy atom. The summed E-state index contributed by atoms with van der Waals surface area (Å²) < 4.78 is 13.4. The molecule has 2 aromatic rings. The molecule has 1 aromatic heterocycles. The van der Waals surface area contributed by atoms with Crippen molar-refractivity contribution in [2.24, 2.45) is 0 Å². The highest BCUT2D eigenvalue weighted by Gasteiger charge is 2.18. The van der Waals surface area contributed by atoms with Gasteiger partial charge in [0.1, 0.15) is 5.69 Å². The van der Waals surface area contributed by atoms with Crippen LogP contribution in [-0.2, 0) is 0 Å². The summed E-state index contributed by atoms with van der Waals surface area (Å²) in [5, 5.41) is 0.568. The normalized spacial score (nSPS) is 10.3. The quantitative estimate of drug-likeness (QED) is 0.778. The lowest BCUT2D eigenvalue weighted by atomic mass is 10.1. The van der Waals surface area contributed by atoms with Gasteiger partial charge in [-0.25, -0.2) is 9.37 Å². The van der Waals surface area contributed by atoms with E-state index in [0.29, 0.717) is 5.02 Å². The van der Waals surface area contributed by atoms with Gasteiger partial charge in [0, 0.05) is 16.8 Å². The van der Waals surface area contributed by atoms with Crippen LogP contribution in [-0.4, -0.2) is 10.8 Å². The number of halogens is 3. The van der Waals surface area contributed by atoms with Crippen molar-refractivity contribution in [2.45, 2.75) is 0 Å². The molecular formula is C12H6Cl2FNO. The van der Waals surface area contributed by atoms with Gasteiger partial charge in [-0.1, -0.05) is 23.2 Å². The van der Waals surface area contributed by atoms with E-state index in [1.54, 1.807) is 6.07 Å². The number of carbonyl (C=O) groups is 1. The number of hydrogen-bond acceptors (Lipinski definition) is 2. The Kier molecular flexibility index (Phi) is 3.41. The fraction of sp³-hybridized carbons (Fsp3) is 0. The lowest BCUT2D eigenvalue weighted by Crippen LogP contribution is -2.07. The van der Waals surface area contributed by atoms with Crippen LogP contribution in [0.25, 0.3) is 0 Å². The second-order valence-corrected chi connectivity index (χ2v) is 4.13. The van der Waals surface area contributed by atoms with E-state index in [4.69, 9.17) is 23.2 Å². The molecule has 0 saturated heterocycles. The molecule has 0 amide bonds. The molecule has 2 nitrogen and oxygen atoms in total. The van der Waals surface area contributed by atoms with Crippen LogP contribution in [0.5, 0.6) is 0 Å². The summed E-state index contributed by atoms with van der Waals surface area (Å²) in [5.74, 6) is -1.27. The van der Waals surface area contributed by atoms with Crippen molar-refractivity contribution < 1.29 is 9.18 Å². The Hall–Kier alpha value is -1.45. The number of hydrogen-bond donors (Lipinski definition) is 0. The molecule has 5 heteroatoms. The molecule has 0 spiro atoms. The third-order valence-corrected chi connectivity index (χ3v) is 2.71. The summed E-state index contributed by atoms with van der Waals surface area (Å²) >= 11 is 11.6. The first kappa shape index (κ1) is 12.0. The molecule has 1 heterocycles. The molecule has 0 bridgehead atoms. The van der Waals surface area contributed by atoms with Crippen LogP contribution in [0, 0.1) is 5.82 Å². The molecule has 1 aromatic carbocycles. The maximum absolute atomic E-state index is 13.4. The van der Waals surface area contributed by atoms with Crippen molar-refractivity contribution in [1.82, 2.24) is 4.98 Å². The van der Waals surface area contributed by atoms with Crippen LogP contribution in [0.2, 0.25) is 10.0 Å². The van der Waals surface area contributed by atoms with E-state index >= 15 is 0 Å². The molecule has 0 aliphatic carbocycles. The molecule has 17 heavy (non-hydrogen) atoms. The Morgan fingerprint density at radius 3 is 2.71 bits per heavy atom. The molecule has 0 fully saturated rings. The molecule has 0 unspecified atom stereocenters. The lowest BCUT2D eigenvalue weighted by molar-refractivity contribution is 0.103. The highest BCUT2D eigenvalue weighted by atomic mass is 35.5. The number of benzene rings is 1. The minimum atomic E-state index is -0.687. The maximum Gasteiger partial charge on any atom is 0.215 e. The van der Waals surface area contributed by atoms with Crippen LogP contribution in [0.4, 0.5) is 4.39 Å². The SMILES string of the molecule is O=C(c1cc(Cl)ccc1Cl)c1ncccc1F. The van der Waals surface area contributed by atoms with Gasteiger partial charge < -0.3 is 0 Å². The standard InChI is InChI=1S/C12H6Cl2FNO/c13-7-3-4-9(14)8(6-7)12(17)11-10(15)2-1-5-16-11/h1-6H. The van der Waals surface area contributed by atoms with Crippen molar-refractivity contribution >= 4 is 29.0 Å². The third-order valence-electron chi connectivity index (χ3n) is 2.15. The molecule has 0 aliphatic heterocycles. The van der Waals surface area contributed by atoms with Crippen molar-refractivity contribution in [2.75, 3.05) is 0 Å². The van der Waals surface area contributed by atoms with Gasteiger partial charge in [-0.3, -0.25) is 4.79 Å². The Balaban J connectivity index is 2.51. The number of rotatable bonds is 2. The van der Waals surface area contributed by atoms with Crippen LogP contribution >= 0.6 is 23.2 Å². The first-order valence-corrected chi connectivity index (χ1v) is 5.45. The molecule has 0 N–H and O–H groups in total. The van der Waals surface area contributed by atoms with Crippen LogP contribution in [0.3, 0.4) is 0 Å². The molecule has 0 atom stereocenters. The molecular weight excluding hydrogens is 264 g/mol. The summed E-state index contributed by atoms with van der Waals surface area (Å²) in [6, 6.07) is 7.00. The Bertz CT molecular complexity index is 586. The molecule has 0 radical (unpaired) electrons. The lowest BCUT2D eigenvalue weighted by Gasteiger charge is -2.04. The predicted molar refractivity (Wildman–Crippen MR) is 64.1 cm³/mol. The van der Waals surface area contributed by atoms with E-state index in [9.17, 15) is 9.18 Å². The number of carbonyl (C=O) groups excluding carboxylic acids is 1. The molecule has 0 saturated carbocycles. The van der Waals surface area contributed by atoms with Gasteiger partial charge in [0.05, 0.1) is 5.02 Å². The largest absolute Gasteiger partial charge is 0.287 e. The maximum atomic E-state index is 13.4. The molecule has 2 rings (SSSR count).